The molecule has 0 aliphatic heterocycles. The molecule has 206 valence electrons. The van der Waals surface area contributed by atoms with Crippen LogP contribution in [-0.2, 0) is 24.4 Å². The fourth-order valence-corrected chi connectivity index (χ4v) is 6.99. The zero-order chi connectivity index (χ0) is 28.0. The number of ether oxygens (including phenoxy) is 2. The Morgan fingerprint density at radius 1 is 0.676 bits per heavy atom. The van der Waals surface area contributed by atoms with Gasteiger partial charge in [-0.25, -0.2) is 0 Å². The van der Waals surface area contributed by atoms with E-state index in [-0.39, 0.29) is 36.8 Å². The molecule has 11 heteroatoms. The molecule has 37 heavy (non-hydrogen) atoms. The SMILES string of the molecule is CCC(CC)(CP(=O)(O)O)OC(OC(CC)(CC)CP(=O)(O)O)(C(=O)c1ccccc1)c1ccccc1. The van der Waals surface area contributed by atoms with Crippen molar-refractivity contribution in [2.75, 3.05) is 12.3 Å². The van der Waals surface area contributed by atoms with E-state index in [4.69, 9.17) is 9.47 Å². The second kappa shape index (κ2) is 12.5. The lowest BCUT2D eigenvalue weighted by atomic mass is 9.90. The van der Waals surface area contributed by atoms with Gasteiger partial charge >= 0.3 is 15.2 Å². The maximum atomic E-state index is 14.4. The van der Waals surface area contributed by atoms with Gasteiger partial charge < -0.3 is 29.0 Å². The van der Waals surface area contributed by atoms with Crippen molar-refractivity contribution in [3.8, 4) is 0 Å². The molecule has 0 unspecified atom stereocenters. The van der Waals surface area contributed by atoms with Crippen molar-refractivity contribution < 1.29 is 43.0 Å². The van der Waals surface area contributed by atoms with Gasteiger partial charge in [0.15, 0.2) is 0 Å². The third-order valence-electron chi connectivity index (χ3n) is 6.77. The van der Waals surface area contributed by atoms with Crippen molar-refractivity contribution in [3.05, 3.63) is 71.8 Å². The van der Waals surface area contributed by atoms with Gasteiger partial charge in [-0.05, 0) is 25.7 Å². The molecule has 0 radical (unpaired) electrons. The van der Waals surface area contributed by atoms with E-state index in [0.29, 0.717) is 0 Å². The number of ketones is 1. The fraction of sp³-hybridized carbons (Fsp3) is 0.500. The Hall–Kier alpha value is -1.67. The number of carbonyl (C=O) groups is 1. The molecular weight excluding hydrogens is 518 g/mol. The predicted molar refractivity (Wildman–Crippen MR) is 142 cm³/mol. The Balaban J connectivity index is 2.92. The zero-order valence-electron chi connectivity index (χ0n) is 21.7. The highest BCUT2D eigenvalue weighted by Crippen LogP contribution is 2.50. The molecule has 0 heterocycles. The van der Waals surface area contributed by atoms with Gasteiger partial charge in [-0.3, -0.25) is 13.9 Å². The normalized spacial score (nSPS) is 13.5. The topological polar surface area (TPSA) is 151 Å². The first-order chi connectivity index (χ1) is 17.2. The van der Waals surface area contributed by atoms with Crippen LogP contribution in [0, 0.1) is 0 Å². The Kier molecular flexibility index (Phi) is 10.6. The molecule has 0 amide bonds. The summed E-state index contributed by atoms with van der Waals surface area (Å²) in [5.74, 6) is -2.90. The molecule has 0 fully saturated rings. The third kappa shape index (κ3) is 8.16. The lowest BCUT2D eigenvalue weighted by Crippen LogP contribution is -2.55. The van der Waals surface area contributed by atoms with E-state index in [1.807, 2.05) is 0 Å². The lowest BCUT2D eigenvalue weighted by Gasteiger charge is -2.47. The lowest BCUT2D eigenvalue weighted by molar-refractivity contribution is -0.303. The van der Waals surface area contributed by atoms with Gasteiger partial charge in [-0.1, -0.05) is 88.4 Å². The van der Waals surface area contributed by atoms with Crippen LogP contribution < -0.4 is 0 Å². The first-order valence-electron chi connectivity index (χ1n) is 12.3. The van der Waals surface area contributed by atoms with Gasteiger partial charge in [0.05, 0.1) is 23.5 Å². The summed E-state index contributed by atoms with van der Waals surface area (Å²) in [5, 5.41) is 0. The highest BCUT2D eigenvalue weighted by Gasteiger charge is 2.55. The van der Waals surface area contributed by atoms with Crippen molar-refractivity contribution in [1.82, 2.24) is 0 Å². The molecule has 4 N–H and O–H groups in total. The van der Waals surface area contributed by atoms with Crippen molar-refractivity contribution in [1.29, 1.82) is 0 Å². The highest BCUT2D eigenvalue weighted by molar-refractivity contribution is 7.52. The van der Waals surface area contributed by atoms with E-state index in [0.717, 1.165) is 0 Å². The van der Waals surface area contributed by atoms with Crippen LogP contribution in [-0.4, -0.2) is 48.9 Å². The molecule has 2 aromatic rings. The maximum absolute atomic E-state index is 14.4. The Bertz CT molecular complexity index is 1060. The summed E-state index contributed by atoms with van der Waals surface area (Å²) in [6.45, 7) is 6.80. The number of benzene rings is 2. The van der Waals surface area contributed by atoms with Gasteiger partial charge in [0, 0.05) is 11.1 Å². The Morgan fingerprint density at radius 2 is 1.03 bits per heavy atom. The first kappa shape index (κ1) is 31.5. The van der Waals surface area contributed by atoms with E-state index in [9.17, 15) is 33.5 Å². The van der Waals surface area contributed by atoms with E-state index >= 15 is 0 Å². The largest absolute Gasteiger partial charge is 0.332 e. The van der Waals surface area contributed by atoms with E-state index < -0.39 is 50.3 Å². The van der Waals surface area contributed by atoms with Gasteiger partial charge in [-0.2, -0.15) is 0 Å². The summed E-state index contributed by atoms with van der Waals surface area (Å²) in [7, 11) is -9.23. The predicted octanol–water partition coefficient (Wildman–Crippen LogP) is 5.23. The van der Waals surface area contributed by atoms with Crippen LogP contribution in [0.2, 0.25) is 0 Å². The molecule has 0 spiro atoms. The number of hydrogen-bond donors (Lipinski definition) is 4. The van der Waals surface area contributed by atoms with Crippen LogP contribution >= 0.6 is 15.2 Å². The summed E-state index contributed by atoms with van der Waals surface area (Å²) >= 11 is 0. The zero-order valence-corrected chi connectivity index (χ0v) is 23.5. The van der Waals surface area contributed by atoms with E-state index in [1.54, 1.807) is 88.4 Å². The first-order valence-corrected chi connectivity index (χ1v) is 15.9. The van der Waals surface area contributed by atoms with Crippen molar-refractivity contribution >= 4 is 21.0 Å². The summed E-state index contributed by atoms with van der Waals surface area (Å²) in [6.07, 6.45) is -0.791. The summed E-state index contributed by atoms with van der Waals surface area (Å²) in [4.78, 5) is 54.1. The number of carbonyl (C=O) groups excluding carboxylic acids is 1. The van der Waals surface area contributed by atoms with Crippen LogP contribution in [0.1, 0.15) is 69.3 Å². The molecule has 9 nitrogen and oxygen atoms in total. The van der Waals surface area contributed by atoms with Crippen LogP contribution in [0.15, 0.2) is 60.7 Å². The molecule has 0 atom stereocenters. The summed E-state index contributed by atoms with van der Waals surface area (Å²) in [5.41, 5.74) is -2.53. The fourth-order valence-electron chi connectivity index (χ4n) is 4.46. The van der Waals surface area contributed by atoms with Gasteiger partial charge in [0.25, 0.3) is 5.79 Å². The molecule has 2 aromatic carbocycles. The standard InChI is InChI=1S/C26H38O9P2/c1-5-24(6-2,19-36(28,29)30)34-26(22-17-13-10-14-18-22,23(27)21-15-11-9-12-16-21)35-25(7-3,8-4)20-37(31,32)33/h9-18H,5-8,19-20H2,1-4H3,(H2,28,29,30)(H2,31,32,33). The minimum atomic E-state index is -4.62. The Morgan fingerprint density at radius 3 is 1.35 bits per heavy atom. The second-order valence-electron chi connectivity index (χ2n) is 9.31. The van der Waals surface area contributed by atoms with E-state index in [2.05, 4.69) is 0 Å². The molecule has 0 aromatic heterocycles. The summed E-state index contributed by atoms with van der Waals surface area (Å²) in [6, 6.07) is 16.4. The van der Waals surface area contributed by atoms with Gasteiger partial charge in [0.2, 0.25) is 5.78 Å². The van der Waals surface area contributed by atoms with Crippen LogP contribution in [0.5, 0.6) is 0 Å². The molecule has 0 aliphatic rings. The van der Waals surface area contributed by atoms with Crippen LogP contribution in [0.3, 0.4) is 0 Å². The molecule has 0 aliphatic carbocycles. The molecular formula is C26H38O9P2. The second-order valence-corrected chi connectivity index (χ2v) is 12.6. The minimum absolute atomic E-state index is 0.137. The monoisotopic (exact) mass is 556 g/mol. The molecule has 2 rings (SSSR count). The van der Waals surface area contributed by atoms with Gasteiger partial charge in [0.1, 0.15) is 0 Å². The quantitative estimate of drug-likeness (QED) is 0.131. The van der Waals surface area contributed by atoms with Crippen molar-refractivity contribution in [3.63, 3.8) is 0 Å². The third-order valence-corrected chi connectivity index (χ3v) is 8.75. The molecule has 0 bridgehead atoms. The average molecular weight is 557 g/mol. The summed E-state index contributed by atoms with van der Waals surface area (Å²) < 4.78 is 37.5. The van der Waals surface area contributed by atoms with E-state index in [1.165, 1.54) is 0 Å². The van der Waals surface area contributed by atoms with Crippen molar-refractivity contribution in [2.45, 2.75) is 70.4 Å². The average Bonchev–Trinajstić information content (AvgIpc) is 2.86. The molecule has 0 saturated carbocycles. The number of rotatable bonds is 15. The van der Waals surface area contributed by atoms with Crippen LogP contribution in [0.4, 0.5) is 0 Å². The number of Topliss-reactive ketones (excluding diaryl/α,β-unsaturated/α-hetero) is 1. The van der Waals surface area contributed by atoms with Crippen molar-refractivity contribution in [2.24, 2.45) is 0 Å². The maximum Gasteiger partial charge on any atom is 0.328 e. The molecule has 0 saturated heterocycles. The van der Waals surface area contributed by atoms with Crippen LogP contribution in [0.25, 0.3) is 0 Å². The minimum Gasteiger partial charge on any atom is -0.332 e. The number of hydrogen-bond acceptors (Lipinski definition) is 5. The smallest absolute Gasteiger partial charge is 0.328 e. The Labute approximate surface area is 218 Å². The van der Waals surface area contributed by atoms with Gasteiger partial charge in [-0.15, -0.1) is 0 Å². The highest BCUT2D eigenvalue weighted by atomic mass is 31.2.